The van der Waals surface area contributed by atoms with Crippen molar-refractivity contribution in [2.45, 2.75) is 4.90 Å². The molecule has 0 saturated heterocycles. The van der Waals surface area contributed by atoms with Crippen LogP contribution in [0.4, 0.5) is 5.69 Å². The molecule has 154 valence electrons. The number of carboxylic acid groups (broad SMARTS) is 1. The maximum absolute atomic E-state index is 13.0. The maximum atomic E-state index is 13.0. The molecule has 0 saturated carbocycles. The Morgan fingerprint density at radius 3 is 2.66 bits per heavy atom. The number of sulfonamides is 1. The minimum absolute atomic E-state index is 0.113. The first-order chi connectivity index (χ1) is 13.9. The molecule has 0 radical (unpaired) electrons. The molecule has 0 unspecified atom stereocenters. The number of methoxy groups -OCH3 is 2. The predicted octanol–water partition coefficient (Wildman–Crippen LogP) is 2.22. The number of fused-ring (bicyclic) bond motifs is 1. The molecule has 2 aromatic carbocycles. The van der Waals surface area contributed by atoms with Crippen LogP contribution in [-0.4, -0.2) is 55.7 Å². The van der Waals surface area contributed by atoms with Crippen molar-refractivity contribution in [1.29, 1.82) is 0 Å². The van der Waals surface area contributed by atoms with Crippen LogP contribution >= 0.6 is 11.7 Å². The Labute approximate surface area is 170 Å². The molecule has 0 fully saturated rings. The van der Waals surface area contributed by atoms with Gasteiger partial charge in [-0.05, 0) is 12.1 Å². The van der Waals surface area contributed by atoms with Crippen molar-refractivity contribution in [2.24, 2.45) is 0 Å². The third-order valence-corrected chi connectivity index (χ3v) is 5.80. The Hall–Kier alpha value is -2.96. The Balaban J connectivity index is 2.05. The largest absolute Gasteiger partial charge is 0.493 e. The Kier molecular flexibility index (Phi) is 6.15. The van der Waals surface area contributed by atoms with Gasteiger partial charge in [0.25, 0.3) is 10.0 Å². The van der Waals surface area contributed by atoms with Crippen LogP contribution in [0.25, 0.3) is 11.0 Å². The van der Waals surface area contributed by atoms with Crippen LogP contribution in [0.2, 0.25) is 0 Å². The number of ether oxygens (including phenoxy) is 3. The van der Waals surface area contributed by atoms with E-state index < -0.39 is 16.0 Å². The van der Waals surface area contributed by atoms with Crippen molar-refractivity contribution in [3.8, 4) is 11.5 Å². The molecule has 0 bridgehead atoms. The summed E-state index contributed by atoms with van der Waals surface area (Å²) in [6.45, 7) is 0.443. The Morgan fingerprint density at radius 2 is 1.97 bits per heavy atom. The third-order valence-electron chi connectivity index (χ3n) is 3.86. The molecular weight excluding hydrogens is 422 g/mol. The molecule has 2 N–H and O–H groups in total. The van der Waals surface area contributed by atoms with Gasteiger partial charge in [-0.25, -0.2) is 13.2 Å². The van der Waals surface area contributed by atoms with Gasteiger partial charge in [0.1, 0.15) is 22.5 Å². The summed E-state index contributed by atoms with van der Waals surface area (Å²) in [5.41, 5.74) is 0.153. The fourth-order valence-electron chi connectivity index (χ4n) is 2.53. The van der Waals surface area contributed by atoms with Gasteiger partial charge in [-0.1, -0.05) is 6.07 Å². The number of aromatic carboxylic acids is 1. The third kappa shape index (κ3) is 4.39. The van der Waals surface area contributed by atoms with Gasteiger partial charge in [0.15, 0.2) is 11.5 Å². The zero-order valence-electron chi connectivity index (χ0n) is 15.4. The maximum Gasteiger partial charge on any atom is 0.337 e. The van der Waals surface area contributed by atoms with Crippen LogP contribution < -0.4 is 14.2 Å². The fraction of sp³-hybridized carbons (Fsp3) is 0.235. The average molecular weight is 439 g/mol. The van der Waals surface area contributed by atoms with E-state index in [0.29, 0.717) is 5.52 Å². The van der Waals surface area contributed by atoms with Gasteiger partial charge >= 0.3 is 5.97 Å². The number of nitrogens with one attached hydrogen (secondary N) is 1. The number of rotatable bonds is 9. The number of carboxylic acids is 1. The molecule has 1 aromatic heterocycles. The minimum Gasteiger partial charge on any atom is -0.493 e. The molecular formula is C17H17N3O7S2. The lowest BCUT2D eigenvalue weighted by Gasteiger charge is -2.16. The SMILES string of the molecule is COCCOc1cc(NS(=O)(=O)c2cccc3nsnc23)c(C(=O)O)cc1OC. The van der Waals surface area contributed by atoms with Crippen LogP contribution in [0.1, 0.15) is 10.4 Å². The number of benzene rings is 2. The van der Waals surface area contributed by atoms with E-state index in [0.717, 1.165) is 11.7 Å². The molecule has 10 nitrogen and oxygen atoms in total. The first kappa shape index (κ1) is 20.8. The van der Waals surface area contributed by atoms with Crippen LogP contribution in [0.5, 0.6) is 11.5 Å². The summed E-state index contributed by atoms with van der Waals surface area (Å²) in [6, 6.07) is 6.98. The van der Waals surface area contributed by atoms with E-state index in [1.165, 1.54) is 38.5 Å². The van der Waals surface area contributed by atoms with Crippen molar-refractivity contribution in [1.82, 2.24) is 8.75 Å². The van der Waals surface area contributed by atoms with Crippen molar-refractivity contribution >= 4 is 44.4 Å². The molecule has 1 heterocycles. The number of anilines is 1. The van der Waals surface area contributed by atoms with Gasteiger partial charge in [-0.3, -0.25) is 4.72 Å². The van der Waals surface area contributed by atoms with E-state index in [2.05, 4.69) is 13.5 Å². The number of hydrogen-bond acceptors (Lipinski definition) is 9. The lowest BCUT2D eigenvalue weighted by Crippen LogP contribution is -2.16. The van der Waals surface area contributed by atoms with E-state index in [-0.39, 0.29) is 46.4 Å². The summed E-state index contributed by atoms with van der Waals surface area (Å²) < 4.78 is 51.9. The zero-order chi connectivity index (χ0) is 21.0. The molecule has 0 aliphatic heterocycles. The zero-order valence-corrected chi connectivity index (χ0v) is 17.0. The summed E-state index contributed by atoms with van der Waals surface area (Å²) in [5.74, 6) is -1.02. The van der Waals surface area contributed by atoms with Gasteiger partial charge in [0.2, 0.25) is 0 Å². The predicted molar refractivity (Wildman–Crippen MR) is 106 cm³/mol. The van der Waals surface area contributed by atoms with Crippen LogP contribution in [0.15, 0.2) is 35.2 Å². The Bertz CT molecular complexity index is 1150. The minimum atomic E-state index is -4.16. The number of nitrogens with zero attached hydrogens (tertiary/aromatic N) is 2. The fourth-order valence-corrected chi connectivity index (χ4v) is 4.36. The normalized spacial score (nSPS) is 11.4. The van der Waals surface area contributed by atoms with Crippen LogP contribution in [0.3, 0.4) is 0 Å². The highest BCUT2D eigenvalue weighted by Crippen LogP contribution is 2.35. The standard InChI is InChI=1S/C17H17N3O7S2/c1-25-6-7-27-14-9-12(10(17(21)22)8-13(14)26-2)20-29(23,24)15-5-3-4-11-16(15)19-28-18-11/h3-5,8-9,20H,6-7H2,1-2H3,(H,21,22). The van der Waals surface area contributed by atoms with Crippen molar-refractivity contribution in [2.75, 3.05) is 32.2 Å². The molecule has 0 amide bonds. The number of carbonyl (C=O) groups is 1. The smallest absolute Gasteiger partial charge is 0.337 e. The molecule has 29 heavy (non-hydrogen) atoms. The summed E-state index contributed by atoms with van der Waals surface area (Å²) in [4.78, 5) is 11.6. The second-order valence-electron chi connectivity index (χ2n) is 5.69. The lowest BCUT2D eigenvalue weighted by atomic mass is 10.1. The van der Waals surface area contributed by atoms with Crippen LogP contribution in [0, 0.1) is 0 Å². The first-order valence-corrected chi connectivity index (χ1v) is 10.4. The van der Waals surface area contributed by atoms with E-state index >= 15 is 0 Å². The quantitative estimate of drug-likeness (QED) is 0.481. The second kappa shape index (κ2) is 8.59. The summed E-state index contributed by atoms with van der Waals surface area (Å²) in [5, 5.41) is 9.52. The molecule has 3 aromatic rings. The van der Waals surface area contributed by atoms with Gasteiger partial charge in [0, 0.05) is 19.2 Å². The second-order valence-corrected chi connectivity index (χ2v) is 7.87. The molecule has 3 rings (SSSR count). The summed E-state index contributed by atoms with van der Waals surface area (Å²) in [6.07, 6.45) is 0. The van der Waals surface area contributed by atoms with Crippen molar-refractivity contribution in [3.05, 3.63) is 35.9 Å². The monoisotopic (exact) mass is 439 g/mol. The molecule has 0 spiro atoms. The van der Waals surface area contributed by atoms with E-state index in [4.69, 9.17) is 14.2 Å². The highest BCUT2D eigenvalue weighted by molar-refractivity contribution is 7.93. The van der Waals surface area contributed by atoms with Gasteiger partial charge in [-0.15, -0.1) is 0 Å². The summed E-state index contributed by atoms with van der Waals surface area (Å²) in [7, 11) is -1.30. The molecule has 0 atom stereocenters. The van der Waals surface area contributed by atoms with Crippen LogP contribution in [-0.2, 0) is 14.8 Å². The van der Waals surface area contributed by atoms with E-state index in [1.54, 1.807) is 6.07 Å². The highest BCUT2D eigenvalue weighted by Gasteiger charge is 2.24. The molecule has 0 aliphatic rings. The molecule has 0 aliphatic carbocycles. The summed E-state index contributed by atoms with van der Waals surface area (Å²) >= 11 is 0.881. The topological polar surface area (TPSA) is 137 Å². The number of hydrogen-bond donors (Lipinski definition) is 2. The van der Waals surface area contributed by atoms with E-state index in [9.17, 15) is 18.3 Å². The van der Waals surface area contributed by atoms with Gasteiger partial charge in [-0.2, -0.15) is 8.75 Å². The molecule has 12 heteroatoms. The van der Waals surface area contributed by atoms with Gasteiger partial charge in [0.05, 0.1) is 36.7 Å². The van der Waals surface area contributed by atoms with E-state index in [1.807, 2.05) is 0 Å². The van der Waals surface area contributed by atoms with Crippen molar-refractivity contribution in [3.63, 3.8) is 0 Å². The average Bonchev–Trinajstić information content (AvgIpc) is 3.16. The first-order valence-electron chi connectivity index (χ1n) is 8.18. The Morgan fingerprint density at radius 1 is 1.17 bits per heavy atom. The lowest BCUT2D eigenvalue weighted by molar-refractivity contribution is 0.0697. The highest BCUT2D eigenvalue weighted by atomic mass is 32.2. The van der Waals surface area contributed by atoms with Gasteiger partial charge < -0.3 is 19.3 Å². The van der Waals surface area contributed by atoms with Crippen molar-refractivity contribution < 1.29 is 32.5 Å². The number of aromatic nitrogens is 2.